The Morgan fingerprint density at radius 1 is 1.44 bits per heavy atom. The van der Waals surface area contributed by atoms with E-state index in [1.165, 1.54) is 11.3 Å². The van der Waals surface area contributed by atoms with Crippen molar-refractivity contribution in [3.05, 3.63) is 35.6 Å². The average Bonchev–Trinajstić information content (AvgIpc) is 2.28. The Morgan fingerprint density at radius 2 is 2.12 bits per heavy atom. The van der Waals surface area contributed by atoms with Crippen LogP contribution in [0.3, 0.4) is 0 Å². The summed E-state index contributed by atoms with van der Waals surface area (Å²) in [6.07, 6.45) is 7.52. The molecule has 0 saturated carbocycles. The molecule has 0 heterocycles. The fourth-order valence-corrected chi connectivity index (χ4v) is 3.51. The molecule has 0 aliphatic heterocycles. The Morgan fingerprint density at radius 3 is 2.62 bits per heavy atom. The molecule has 0 aliphatic carbocycles. The number of hydrogen-bond acceptors (Lipinski definition) is 3. The van der Waals surface area contributed by atoms with Gasteiger partial charge in [-0.05, 0) is 23.2 Å². The second-order valence-electron chi connectivity index (χ2n) is 3.40. The lowest BCUT2D eigenvalue weighted by Crippen LogP contribution is -2.10. The fraction of sp³-hybridized carbons (Fsp3) is 0.538. The third kappa shape index (κ3) is 7.53. The van der Waals surface area contributed by atoms with Gasteiger partial charge >= 0.3 is 0 Å². The van der Waals surface area contributed by atoms with E-state index in [1.54, 1.807) is 23.5 Å². The van der Waals surface area contributed by atoms with Gasteiger partial charge in [-0.2, -0.15) is 12.6 Å². The first-order chi connectivity index (χ1) is 7.65. The minimum absolute atomic E-state index is 0.237. The topological polar surface area (TPSA) is 0 Å². The van der Waals surface area contributed by atoms with Crippen molar-refractivity contribution in [2.75, 3.05) is 0 Å². The summed E-state index contributed by atoms with van der Waals surface area (Å²) in [5, 5.41) is 2.50. The van der Waals surface area contributed by atoms with Crippen LogP contribution in [0, 0.1) is 0 Å². The summed E-state index contributed by atoms with van der Waals surface area (Å²) in [5.74, 6) is 0. The summed E-state index contributed by atoms with van der Waals surface area (Å²) in [6.45, 7) is 12.2. The van der Waals surface area contributed by atoms with E-state index in [4.69, 9.17) is 0 Å². The lowest BCUT2D eigenvalue weighted by atomic mass is 10.3. The van der Waals surface area contributed by atoms with Gasteiger partial charge in [-0.25, -0.2) is 0 Å². The second-order valence-corrected chi connectivity index (χ2v) is 6.71. The Hall–Kier alpha value is 0.270. The molecule has 0 spiro atoms. The van der Waals surface area contributed by atoms with Crippen LogP contribution < -0.4 is 0 Å². The predicted molar refractivity (Wildman–Crippen MR) is 85.4 cm³/mol. The largest absolute Gasteiger partial charge is 0.163 e. The second kappa shape index (κ2) is 10.4. The molecule has 0 nitrogen and oxygen atoms in total. The van der Waals surface area contributed by atoms with E-state index in [9.17, 15) is 0 Å². The van der Waals surface area contributed by atoms with Gasteiger partial charge in [0.05, 0.1) is 4.58 Å². The van der Waals surface area contributed by atoms with Gasteiger partial charge < -0.3 is 0 Å². The van der Waals surface area contributed by atoms with Gasteiger partial charge in [0.2, 0.25) is 0 Å². The van der Waals surface area contributed by atoms with Crippen LogP contribution >= 0.6 is 36.2 Å². The molecule has 0 fully saturated rings. The highest BCUT2D eigenvalue weighted by atomic mass is 32.2. The first-order valence-electron chi connectivity index (χ1n) is 5.61. The highest BCUT2D eigenvalue weighted by Gasteiger charge is 2.15. The molecule has 0 amide bonds. The van der Waals surface area contributed by atoms with E-state index in [0.717, 1.165) is 12.8 Å². The molecule has 0 aromatic rings. The van der Waals surface area contributed by atoms with E-state index in [1.807, 2.05) is 6.08 Å². The SMILES string of the molecule is C=CC(SC=CCCC)C(S)SC(=C)CC. The number of hydrogen-bond donors (Lipinski definition) is 1. The Bertz CT molecular complexity index is 233. The molecule has 0 bridgehead atoms. The number of thiol groups is 1. The lowest BCUT2D eigenvalue weighted by molar-refractivity contribution is 0.960. The van der Waals surface area contributed by atoms with E-state index in [-0.39, 0.29) is 4.58 Å². The van der Waals surface area contributed by atoms with Crippen molar-refractivity contribution in [3.63, 3.8) is 0 Å². The highest BCUT2D eigenvalue weighted by molar-refractivity contribution is 8.14. The zero-order chi connectivity index (χ0) is 12.4. The Kier molecular flexibility index (Phi) is 10.6. The minimum atomic E-state index is 0.237. The average molecular weight is 275 g/mol. The van der Waals surface area contributed by atoms with E-state index in [2.05, 4.69) is 51.1 Å². The quantitative estimate of drug-likeness (QED) is 0.335. The maximum Gasteiger partial charge on any atom is 0.0672 e. The summed E-state index contributed by atoms with van der Waals surface area (Å²) < 4.78 is 0.237. The van der Waals surface area contributed by atoms with Crippen LogP contribution in [0.1, 0.15) is 33.1 Å². The van der Waals surface area contributed by atoms with Crippen LogP contribution in [-0.2, 0) is 0 Å². The number of allylic oxidation sites excluding steroid dienone is 2. The summed E-state index contributed by atoms with van der Waals surface area (Å²) in [6, 6.07) is 0. The van der Waals surface area contributed by atoms with Gasteiger partial charge in [0.25, 0.3) is 0 Å². The van der Waals surface area contributed by atoms with Crippen molar-refractivity contribution >= 4 is 36.2 Å². The van der Waals surface area contributed by atoms with Crippen LogP contribution in [0.5, 0.6) is 0 Å². The Labute approximate surface area is 114 Å². The highest BCUT2D eigenvalue weighted by Crippen LogP contribution is 2.33. The molecule has 2 atom stereocenters. The van der Waals surface area contributed by atoms with Gasteiger partial charge in [-0.3, -0.25) is 0 Å². The fourth-order valence-electron chi connectivity index (χ4n) is 0.941. The molecule has 2 unspecified atom stereocenters. The van der Waals surface area contributed by atoms with Gasteiger partial charge in [-0.1, -0.05) is 39.0 Å². The van der Waals surface area contributed by atoms with Crippen molar-refractivity contribution < 1.29 is 0 Å². The lowest BCUT2D eigenvalue weighted by Gasteiger charge is -2.18. The van der Waals surface area contributed by atoms with Crippen molar-refractivity contribution in [3.8, 4) is 0 Å². The van der Waals surface area contributed by atoms with Crippen LogP contribution in [0.25, 0.3) is 0 Å². The third-order valence-electron chi connectivity index (χ3n) is 1.98. The molecule has 0 rings (SSSR count). The first-order valence-corrected chi connectivity index (χ1v) is 7.95. The molecule has 0 aromatic heterocycles. The predicted octanol–water partition coefficient (Wildman–Crippen LogP) is 5.50. The number of thioether (sulfide) groups is 2. The molecular weight excluding hydrogens is 252 g/mol. The molecular formula is C13H22S3. The van der Waals surface area contributed by atoms with Gasteiger partial charge in [0.15, 0.2) is 0 Å². The van der Waals surface area contributed by atoms with Crippen LogP contribution in [0.15, 0.2) is 35.6 Å². The number of rotatable bonds is 9. The molecule has 0 saturated heterocycles. The van der Waals surface area contributed by atoms with Crippen LogP contribution in [0.2, 0.25) is 0 Å². The Balaban J connectivity index is 4.05. The smallest absolute Gasteiger partial charge is 0.0672 e. The van der Waals surface area contributed by atoms with Crippen molar-refractivity contribution in [1.82, 2.24) is 0 Å². The molecule has 0 aromatic carbocycles. The van der Waals surface area contributed by atoms with Crippen LogP contribution in [-0.4, -0.2) is 9.83 Å². The van der Waals surface area contributed by atoms with Gasteiger partial charge in [-0.15, -0.1) is 30.1 Å². The summed E-state index contributed by atoms with van der Waals surface area (Å²) in [4.78, 5) is 1.19. The van der Waals surface area contributed by atoms with Crippen molar-refractivity contribution in [2.45, 2.75) is 42.9 Å². The molecule has 0 N–H and O–H groups in total. The minimum Gasteiger partial charge on any atom is -0.163 e. The molecule has 92 valence electrons. The van der Waals surface area contributed by atoms with E-state index in [0.29, 0.717) is 5.25 Å². The maximum atomic E-state index is 4.60. The first kappa shape index (κ1) is 16.3. The van der Waals surface area contributed by atoms with Crippen molar-refractivity contribution in [2.24, 2.45) is 0 Å². The van der Waals surface area contributed by atoms with Gasteiger partial charge in [0, 0.05) is 5.25 Å². The standard InChI is InChI=1S/C13H22S3/c1-5-8-9-10-15-12(7-3)13(14)16-11(4)6-2/h7,9-10,12-14H,3-6,8H2,1-2H3. The van der Waals surface area contributed by atoms with E-state index >= 15 is 0 Å². The molecule has 0 radical (unpaired) electrons. The van der Waals surface area contributed by atoms with Crippen molar-refractivity contribution in [1.29, 1.82) is 0 Å². The monoisotopic (exact) mass is 274 g/mol. The molecule has 3 heteroatoms. The summed E-state index contributed by atoms with van der Waals surface area (Å²) in [5.41, 5.74) is 0. The normalized spacial score (nSPS) is 14.9. The van der Waals surface area contributed by atoms with Crippen LogP contribution in [0.4, 0.5) is 0 Å². The number of unbranched alkanes of at least 4 members (excludes halogenated alkanes) is 1. The molecule has 0 aliphatic rings. The summed E-state index contributed by atoms with van der Waals surface area (Å²) in [7, 11) is 0. The zero-order valence-corrected chi connectivity index (χ0v) is 12.7. The maximum absolute atomic E-state index is 4.60. The van der Waals surface area contributed by atoms with E-state index < -0.39 is 0 Å². The summed E-state index contributed by atoms with van der Waals surface area (Å²) >= 11 is 8.12. The third-order valence-corrected chi connectivity index (χ3v) is 5.28. The van der Waals surface area contributed by atoms with Gasteiger partial charge in [0.1, 0.15) is 0 Å². The molecule has 16 heavy (non-hydrogen) atoms. The zero-order valence-electron chi connectivity index (χ0n) is 10.2.